The molecule has 0 spiro atoms. The van der Waals surface area contributed by atoms with Crippen LogP contribution in [0.15, 0.2) is 0 Å². The van der Waals surface area contributed by atoms with Gasteiger partial charge in [0, 0.05) is 31.2 Å². The fraction of sp³-hybridized carbons (Fsp3) is 1.00. The van der Waals surface area contributed by atoms with Crippen molar-refractivity contribution in [1.82, 2.24) is 15.1 Å². The normalized spacial score (nSPS) is 31.2. The minimum atomic E-state index is 0.275. The van der Waals surface area contributed by atoms with E-state index in [4.69, 9.17) is 0 Å². The lowest BCUT2D eigenvalue weighted by Gasteiger charge is -2.23. The van der Waals surface area contributed by atoms with Gasteiger partial charge in [-0.1, -0.05) is 6.92 Å². The van der Waals surface area contributed by atoms with Crippen LogP contribution in [0, 0.1) is 5.92 Å². The molecule has 0 radical (unpaired) electrons. The summed E-state index contributed by atoms with van der Waals surface area (Å²) in [5.41, 5.74) is 0. The van der Waals surface area contributed by atoms with Crippen LogP contribution in [0.5, 0.6) is 0 Å². The van der Waals surface area contributed by atoms with Crippen molar-refractivity contribution in [3.8, 4) is 0 Å². The Morgan fingerprint density at radius 2 is 2.06 bits per heavy atom. The van der Waals surface area contributed by atoms with E-state index in [1.165, 1.54) is 25.9 Å². The van der Waals surface area contributed by atoms with Gasteiger partial charge in [0.15, 0.2) is 0 Å². The largest absolute Gasteiger partial charge is 0.395 e. The number of likely N-dealkylation sites (tertiary alicyclic amines) is 1. The summed E-state index contributed by atoms with van der Waals surface area (Å²) in [7, 11) is 4.35. The molecule has 1 aliphatic heterocycles. The Bertz CT molecular complexity index is 255. The number of likely N-dealkylation sites (N-methyl/N-ethyl adjacent to an activating group) is 1. The van der Waals surface area contributed by atoms with Gasteiger partial charge in [-0.05, 0) is 45.8 Å². The second kappa shape index (κ2) is 6.33. The van der Waals surface area contributed by atoms with Crippen molar-refractivity contribution in [3.05, 3.63) is 0 Å². The molecule has 2 fully saturated rings. The molecule has 1 aliphatic carbocycles. The van der Waals surface area contributed by atoms with Crippen LogP contribution in [0.4, 0.5) is 0 Å². The Hall–Kier alpha value is -0.160. The highest BCUT2D eigenvalue weighted by Gasteiger charge is 2.31. The number of nitrogens with zero attached hydrogens (tertiary/aromatic N) is 2. The maximum Gasteiger partial charge on any atom is 0.0585 e. The zero-order valence-electron chi connectivity index (χ0n) is 12.1. The van der Waals surface area contributed by atoms with Crippen molar-refractivity contribution in [2.45, 2.75) is 44.3 Å². The van der Waals surface area contributed by atoms with Crippen LogP contribution in [0.3, 0.4) is 0 Å². The summed E-state index contributed by atoms with van der Waals surface area (Å²) < 4.78 is 0. The first-order valence-corrected chi connectivity index (χ1v) is 7.36. The van der Waals surface area contributed by atoms with Crippen LogP contribution >= 0.6 is 0 Å². The molecule has 2 N–H and O–H groups in total. The van der Waals surface area contributed by atoms with Crippen molar-refractivity contribution in [1.29, 1.82) is 0 Å². The Balaban J connectivity index is 1.69. The Morgan fingerprint density at radius 1 is 1.33 bits per heavy atom. The lowest BCUT2D eigenvalue weighted by Crippen LogP contribution is -2.38. The standard InChI is InChI=1S/C14H29N3O/c1-11-8-17(9-14(11)16(2)3)7-6-13(10-18)15-12-4-5-12/h11-15,18H,4-10H2,1-3H3. The average Bonchev–Trinajstić information content (AvgIpc) is 3.06. The molecule has 0 bridgehead atoms. The molecule has 3 unspecified atom stereocenters. The van der Waals surface area contributed by atoms with E-state index in [-0.39, 0.29) is 6.61 Å². The molecule has 1 saturated heterocycles. The Labute approximate surface area is 111 Å². The van der Waals surface area contributed by atoms with Crippen LogP contribution in [-0.2, 0) is 0 Å². The number of aliphatic hydroxyl groups is 1. The zero-order valence-corrected chi connectivity index (χ0v) is 12.1. The highest BCUT2D eigenvalue weighted by atomic mass is 16.3. The SMILES string of the molecule is CC1CN(CCC(CO)NC2CC2)CC1N(C)C. The number of hydrogen-bond acceptors (Lipinski definition) is 4. The summed E-state index contributed by atoms with van der Waals surface area (Å²) >= 11 is 0. The molecule has 1 saturated carbocycles. The highest BCUT2D eigenvalue weighted by Crippen LogP contribution is 2.22. The second-order valence-corrected chi connectivity index (χ2v) is 6.38. The third-order valence-corrected chi connectivity index (χ3v) is 4.37. The van der Waals surface area contributed by atoms with Gasteiger partial charge < -0.3 is 20.2 Å². The molecule has 18 heavy (non-hydrogen) atoms. The maximum absolute atomic E-state index is 9.38. The molecule has 2 aliphatic rings. The van der Waals surface area contributed by atoms with E-state index in [0.717, 1.165) is 18.9 Å². The molecule has 0 aromatic heterocycles. The minimum Gasteiger partial charge on any atom is -0.395 e. The summed E-state index contributed by atoms with van der Waals surface area (Å²) in [5, 5.41) is 12.9. The first kappa shape index (κ1) is 14.3. The Morgan fingerprint density at radius 3 is 2.56 bits per heavy atom. The van der Waals surface area contributed by atoms with Crippen molar-refractivity contribution >= 4 is 0 Å². The summed E-state index contributed by atoms with van der Waals surface area (Å²) in [6.07, 6.45) is 3.65. The van der Waals surface area contributed by atoms with Gasteiger partial charge in [-0.3, -0.25) is 0 Å². The monoisotopic (exact) mass is 255 g/mol. The maximum atomic E-state index is 9.38. The van der Waals surface area contributed by atoms with Gasteiger partial charge in [0.05, 0.1) is 6.61 Å². The molecule has 106 valence electrons. The molecule has 2 rings (SSSR count). The predicted octanol–water partition coefficient (Wildman–Crippen LogP) is 0.371. The van der Waals surface area contributed by atoms with E-state index in [2.05, 4.69) is 36.1 Å². The lowest BCUT2D eigenvalue weighted by molar-refractivity contribution is 0.210. The number of rotatable bonds is 7. The molecule has 3 atom stereocenters. The molecule has 0 amide bonds. The predicted molar refractivity (Wildman–Crippen MR) is 74.7 cm³/mol. The molecular formula is C14H29N3O. The van der Waals surface area contributed by atoms with E-state index in [9.17, 15) is 5.11 Å². The fourth-order valence-corrected chi connectivity index (χ4v) is 3.05. The number of aliphatic hydroxyl groups excluding tert-OH is 1. The molecule has 4 heteroatoms. The summed E-state index contributed by atoms with van der Waals surface area (Å²) in [5.74, 6) is 0.754. The summed E-state index contributed by atoms with van der Waals surface area (Å²) in [6, 6.07) is 1.68. The van der Waals surface area contributed by atoms with E-state index in [0.29, 0.717) is 18.1 Å². The van der Waals surface area contributed by atoms with Crippen molar-refractivity contribution in [2.75, 3.05) is 40.3 Å². The van der Waals surface area contributed by atoms with Crippen LogP contribution < -0.4 is 5.32 Å². The highest BCUT2D eigenvalue weighted by molar-refractivity contribution is 4.88. The fourth-order valence-electron chi connectivity index (χ4n) is 3.05. The summed E-state index contributed by atoms with van der Waals surface area (Å²) in [4.78, 5) is 4.89. The molecule has 0 aromatic rings. The van der Waals surface area contributed by atoms with Crippen molar-refractivity contribution in [2.24, 2.45) is 5.92 Å². The van der Waals surface area contributed by atoms with Crippen LogP contribution in [0.25, 0.3) is 0 Å². The zero-order chi connectivity index (χ0) is 13.1. The molecular weight excluding hydrogens is 226 g/mol. The first-order chi connectivity index (χ1) is 8.60. The van der Waals surface area contributed by atoms with E-state index >= 15 is 0 Å². The molecule has 4 nitrogen and oxygen atoms in total. The summed E-state index contributed by atoms with van der Waals surface area (Å²) in [6.45, 7) is 6.10. The smallest absolute Gasteiger partial charge is 0.0585 e. The van der Waals surface area contributed by atoms with Gasteiger partial charge in [0.25, 0.3) is 0 Å². The van der Waals surface area contributed by atoms with E-state index in [1.807, 2.05) is 0 Å². The van der Waals surface area contributed by atoms with Crippen LogP contribution in [0.1, 0.15) is 26.2 Å². The topological polar surface area (TPSA) is 38.7 Å². The van der Waals surface area contributed by atoms with Gasteiger partial charge in [0.1, 0.15) is 0 Å². The lowest BCUT2D eigenvalue weighted by atomic mass is 10.1. The van der Waals surface area contributed by atoms with Crippen molar-refractivity contribution in [3.63, 3.8) is 0 Å². The Kier molecular flexibility index (Phi) is 5.01. The third kappa shape index (κ3) is 3.92. The van der Waals surface area contributed by atoms with Crippen LogP contribution in [-0.4, -0.2) is 73.4 Å². The third-order valence-electron chi connectivity index (χ3n) is 4.37. The quantitative estimate of drug-likeness (QED) is 0.689. The van der Waals surface area contributed by atoms with E-state index in [1.54, 1.807) is 0 Å². The van der Waals surface area contributed by atoms with Gasteiger partial charge in [-0.15, -0.1) is 0 Å². The van der Waals surface area contributed by atoms with Gasteiger partial charge >= 0.3 is 0 Å². The van der Waals surface area contributed by atoms with Crippen LogP contribution in [0.2, 0.25) is 0 Å². The van der Waals surface area contributed by atoms with E-state index < -0.39 is 0 Å². The van der Waals surface area contributed by atoms with Gasteiger partial charge in [0.2, 0.25) is 0 Å². The average molecular weight is 255 g/mol. The first-order valence-electron chi connectivity index (χ1n) is 7.36. The number of nitrogens with one attached hydrogen (secondary N) is 1. The molecule has 1 heterocycles. The van der Waals surface area contributed by atoms with Gasteiger partial charge in [-0.2, -0.15) is 0 Å². The number of hydrogen-bond donors (Lipinski definition) is 2. The molecule has 0 aromatic carbocycles. The van der Waals surface area contributed by atoms with Gasteiger partial charge in [-0.25, -0.2) is 0 Å². The minimum absolute atomic E-state index is 0.275. The second-order valence-electron chi connectivity index (χ2n) is 6.38. The van der Waals surface area contributed by atoms with Crippen molar-refractivity contribution < 1.29 is 5.11 Å².